The smallest absolute Gasteiger partial charge is 0.328 e. The highest BCUT2D eigenvalue weighted by atomic mass is 32.1. The molecular weight excluding hydrogens is 218 g/mol. The van der Waals surface area contributed by atoms with Crippen LogP contribution in [0.2, 0.25) is 0 Å². The van der Waals surface area contributed by atoms with Crippen LogP contribution >= 0.6 is 11.3 Å². The largest absolute Gasteiger partial charge is 0.480 e. The molecule has 1 unspecified atom stereocenters. The van der Waals surface area contributed by atoms with Crippen molar-refractivity contribution in [2.45, 2.75) is 12.5 Å². The predicted octanol–water partition coefficient (Wildman–Crippen LogP) is -0.148. The Morgan fingerprint density at radius 2 is 2.27 bits per heavy atom. The molecule has 82 valence electrons. The van der Waals surface area contributed by atoms with Crippen LogP contribution in [0.3, 0.4) is 0 Å². The minimum absolute atomic E-state index is 0.140. The maximum atomic E-state index is 11.3. The number of thiophene rings is 1. The van der Waals surface area contributed by atoms with Gasteiger partial charge in [0.2, 0.25) is 5.91 Å². The summed E-state index contributed by atoms with van der Waals surface area (Å²) in [5, 5.41) is 21.3. The highest BCUT2D eigenvalue weighted by molar-refractivity contribution is 7.10. The van der Waals surface area contributed by atoms with Crippen LogP contribution in [0.25, 0.3) is 0 Å². The Morgan fingerprint density at radius 1 is 1.53 bits per heavy atom. The Balaban J connectivity index is 2.45. The van der Waals surface area contributed by atoms with Gasteiger partial charge in [0.05, 0.1) is 13.0 Å². The maximum Gasteiger partial charge on any atom is 0.328 e. The van der Waals surface area contributed by atoms with Crippen molar-refractivity contribution >= 4 is 23.2 Å². The number of amides is 1. The average Bonchev–Trinajstić information content (AvgIpc) is 2.66. The molecule has 0 aromatic carbocycles. The molecule has 15 heavy (non-hydrogen) atoms. The van der Waals surface area contributed by atoms with Crippen LogP contribution in [-0.4, -0.2) is 34.7 Å². The third kappa shape index (κ3) is 3.69. The Morgan fingerprint density at radius 3 is 2.73 bits per heavy atom. The lowest BCUT2D eigenvalue weighted by Crippen LogP contribution is -2.43. The first-order valence-electron chi connectivity index (χ1n) is 4.29. The molecule has 1 amide bonds. The molecular formula is C9H11NO4S. The maximum absolute atomic E-state index is 11.3. The molecule has 1 heterocycles. The highest BCUT2D eigenvalue weighted by Crippen LogP contribution is 2.08. The zero-order valence-corrected chi connectivity index (χ0v) is 8.66. The molecule has 1 aromatic rings. The Labute approximate surface area is 90.4 Å². The molecule has 5 nitrogen and oxygen atoms in total. The fourth-order valence-corrected chi connectivity index (χ4v) is 1.71. The molecule has 1 atom stereocenters. The number of rotatable bonds is 5. The molecule has 0 saturated heterocycles. The Hall–Kier alpha value is -1.40. The number of aliphatic hydroxyl groups is 1. The second kappa shape index (κ2) is 5.47. The number of hydrogen-bond acceptors (Lipinski definition) is 4. The van der Waals surface area contributed by atoms with E-state index in [9.17, 15) is 9.59 Å². The molecule has 1 rings (SSSR count). The van der Waals surface area contributed by atoms with Crippen molar-refractivity contribution in [3.63, 3.8) is 0 Å². The van der Waals surface area contributed by atoms with Gasteiger partial charge in [-0.2, -0.15) is 0 Å². The van der Waals surface area contributed by atoms with Crippen LogP contribution in [0.5, 0.6) is 0 Å². The van der Waals surface area contributed by atoms with E-state index in [0.29, 0.717) is 0 Å². The normalized spacial score (nSPS) is 12.1. The summed E-state index contributed by atoms with van der Waals surface area (Å²) < 4.78 is 0. The minimum atomic E-state index is -1.24. The van der Waals surface area contributed by atoms with Gasteiger partial charge in [-0.05, 0) is 11.4 Å². The Bertz CT molecular complexity index is 336. The molecule has 0 bridgehead atoms. The lowest BCUT2D eigenvalue weighted by Gasteiger charge is -2.10. The number of carbonyl (C=O) groups excluding carboxylic acids is 1. The summed E-state index contributed by atoms with van der Waals surface area (Å²) in [6.45, 7) is -0.606. The first-order chi connectivity index (χ1) is 7.13. The quantitative estimate of drug-likeness (QED) is 0.655. The summed E-state index contributed by atoms with van der Waals surface area (Å²) >= 11 is 1.42. The number of hydrogen-bond donors (Lipinski definition) is 3. The van der Waals surface area contributed by atoms with Crippen LogP contribution in [0, 0.1) is 0 Å². The van der Waals surface area contributed by atoms with E-state index in [-0.39, 0.29) is 6.42 Å². The van der Waals surface area contributed by atoms with Crippen molar-refractivity contribution in [2.24, 2.45) is 0 Å². The molecule has 0 spiro atoms. The van der Waals surface area contributed by atoms with Crippen molar-refractivity contribution in [3.8, 4) is 0 Å². The van der Waals surface area contributed by atoms with Crippen molar-refractivity contribution in [2.75, 3.05) is 6.61 Å². The summed E-state index contributed by atoms with van der Waals surface area (Å²) in [6, 6.07) is 2.38. The summed E-state index contributed by atoms with van der Waals surface area (Å²) in [6.07, 6.45) is 0.140. The van der Waals surface area contributed by atoms with Crippen molar-refractivity contribution in [1.82, 2.24) is 5.32 Å². The van der Waals surface area contributed by atoms with E-state index in [1.54, 1.807) is 6.07 Å². The SMILES string of the molecule is O=C(Cc1cccs1)NC(CO)C(=O)O. The van der Waals surface area contributed by atoms with E-state index in [0.717, 1.165) is 4.88 Å². The number of carbonyl (C=O) groups is 2. The van der Waals surface area contributed by atoms with Gasteiger partial charge < -0.3 is 15.5 Å². The van der Waals surface area contributed by atoms with Gasteiger partial charge in [-0.1, -0.05) is 6.07 Å². The van der Waals surface area contributed by atoms with Gasteiger partial charge in [-0.15, -0.1) is 11.3 Å². The number of aliphatic hydroxyl groups excluding tert-OH is 1. The van der Waals surface area contributed by atoms with Gasteiger partial charge in [-0.3, -0.25) is 4.79 Å². The lowest BCUT2D eigenvalue weighted by atomic mass is 10.2. The van der Waals surface area contributed by atoms with Gasteiger partial charge in [0.25, 0.3) is 0 Å². The fourth-order valence-electron chi connectivity index (χ4n) is 1.00. The van der Waals surface area contributed by atoms with E-state index < -0.39 is 24.5 Å². The molecule has 0 aliphatic rings. The molecule has 0 radical (unpaired) electrons. The van der Waals surface area contributed by atoms with E-state index in [1.165, 1.54) is 11.3 Å². The molecule has 1 aromatic heterocycles. The third-order valence-corrected chi connectivity index (χ3v) is 2.61. The number of carboxylic acid groups (broad SMARTS) is 1. The van der Waals surface area contributed by atoms with Gasteiger partial charge in [0.15, 0.2) is 0 Å². The van der Waals surface area contributed by atoms with Crippen LogP contribution in [0.1, 0.15) is 4.88 Å². The van der Waals surface area contributed by atoms with E-state index in [1.807, 2.05) is 11.4 Å². The molecule has 6 heteroatoms. The van der Waals surface area contributed by atoms with Crippen molar-refractivity contribution < 1.29 is 19.8 Å². The van der Waals surface area contributed by atoms with Crippen LogP contribution in [-0.2, 0) is 16.0 Å². The summed E-state index contributed by atoms with van der Waals surface area (Å²) in [4.78, 5) is 22.7. The van der Waals surface area contributed by atoms with Crippen LogP contribution in [0.4, 0.5) is 0 Å². The van der Waals surface area contributed by atoms with Gasteiger partial charge in [0, 0.05) is 4.88 Å². The number of carboxylic acids is 1. The van der Waals surface area contributed by atoms with Gasteiger partial charge in [-0.25, -0.2) is 4.79 Å². The minimum Gasteiger partial charge on any atom is -0.480 e. The molecule has 0 saturated carbocycles. The predicted molar refractivity (Wildman–Crippen MR) is 54.7 cm³/mol. The number of aliphatic carboxylic acids is 1. The first-order valence-corrected chi connectivity index (χ1v) is 5.17. The van der Waals surface area contributed by atoms with E-state index in [4.69, 9.17) is 10.2 Å². The lowest BCUT2D eigenvalue weighted by molar-refractivity contribution is -0.142. The molecule has 3 N–H and O–H groups in total. The van der Waals surface area contributed by atoms with Gasteiger partial charge in [0.1, 0.15) is 6.04 Å². The second-order valence-electron chi connectivity index (χ2n) is 2.90. The zero-order valence-electron chi connectivity index (χ0n) is 7.84. The molecule has 0 aliphatic carbocycles. The number of nitrogens with one attached hydrogen (secondary N) is 1. The summed E-state index contributed by atoms with van der Waals surface area (Å²) in [5.41, 5.74) is 0. The average molecular weight is 229 g/mol. The topological polar surface area (TPSA) is 86.6 Å². The molecule has 0 fully saturated rings. The molecule has 0 aliphatic heterocycles. The Kier molecular flexibility index (Phi) is 4.26. The van der Waals surface area contributed by atoms with Gasteiger partial charge >= 0.3 is 5.97 Å². The first kappa shape index (κ1) is 11.7. The van der Waals surface area contributed by atoms with Crippen molar-refractivity contribution in [3.05, 3.63) is 22.4 Å². The van der Waals surface area contributed by atoms with Crippen LogP contribution in [0.15, 0.2) is 17.5 Å². The third-order valence-electron chi connectivity index (χ3n) is 1.73. The highest BCUT2D eigenvalue weighted by Gasteiger charge is 2.18. The van der Waals surface area contributed by atoms with Crippen molar-refractivity contribution in [1.29, 1.82) is 0 Å². The van der Waals surface area contributed by atoms with E-state index >= 15 is 0 Å². The monoisotopic (exact) mass is 229 g/mol. The van der Waals surface area contributed by atoms with E-state index in [2.05, 4.69) is 5.32 Å². The standard InChI is InChI=1S/C9H11NO4S/c11-5-7(9(13)14)10-8(12)4-6-2-1-3-15-6/h1-3,7,11H,4-5H2,(H,10,12)(H,13,14). The summed E-state index contributed by atoms with van der Waals surface area (Å²) in [7, 11) is 0. The second-order valence-corrected chi connectivity index (χ2v) is 3.93. The zero-order chi connectivity index (χ0) is 11.3. The van der Waals surface area contributed by atoms with Crippen LogP contribution < -0.4 is 5.32 Å². The summed E-state index contributed by atoms with van der Waals surface area (Å²) in [5.74, 6) is -1.64. The fraction of sp³-hybridized carbons (Fsp3) is 0.333.